The molecule has 5 heteroatoms. The second kappa shape index (κ2) is 4.39. The summed E-state index contributed by atoms with van der Waals surface area (Å²) in [6, 6.07) is 0.337. The highest BCUT2D eigenvalue weighted by molar-refractivity contribution is 5.53. The number of anilines is 2. The number of piperidine rings is 1. The van der Waals surface area contributed by atoms with Crippen molar-refractivity contribution in [2.75, 3.05) is 23.7 Å². The summed E-state index contributed by atoms with van der Waals surface area (Å²) in [5.74, 6) is 2.05. The van der Waals surface area contributed by atoms with Gasteiger partial charge in [0, 0.05) is 30.6 Å². The molecule has 3 rings (SSSR count). The van der Waals surface area contributed by atoms with Gasteiger partial charge in [0.15, 0.2) is 0 Å². The SMILES string of the molecule is Cc1c(C2CC2)nc(N)nc1N1CCC(N)CC1. The van der Waals surface area contributed by atoms with Crippen LogP contribution in [0.5, 0.6) is 0 Å². The van der Waals surface area contributed by atoms with Gasteiger partial charge in [-0.3, -0.25) is 0 Å². The molecule has 0 atom stereocenters. The van der Waals surface area contributed by atoms with E-state index in [1.165, 1.54) is 18.4 Å². The maximum atomic E-state index is 5.95. The van der Waals surface area contributed by atoms with E-state index in [9.17, 15) is 0 Å². The van der Waals surface area contributed by atoms with Crippen molar-refractivity contribution >= 4 is 11.8 Å². The van der Waals surface area contributed by atoms with Crippen molar-refractivity contribution in [2.45, 2.75) is 44.6 Å². The molecule has 1 aromatic rings. The zero-order chi connectivity index (χ0) is 12.7. The van der Waals surface area contributed by atoms with Gasteiger partial charge < -0.3 is 16.4 Å². The Morgan fingerprint density at radius 1 is 1.11 bits per heavy atom. The lowest BCUT2D eigenvalue weighted by atomic mass is 10.0. The Hall–Kier alpha value is -1.36. The summed E-state index contributed by atoms with van der Waals surface area (Å²) in [5.41, 5.74) is 14.2. The van der Waals surface area contributed by atoms with Crippen LogP contribution in [-0.2, 0) is 0 Å². The predicted molar refractivity (Wildman–Crippen MR) is 72.6 cm³/mol. The van der Waals surface area contributed by atoms with E-state index in [2.05, 4.69) is 21.8 Å². The fourth-order valence-electron chi connectivity index (χ4n) is 2.71. The van der Waals surface area contributed by atoms with Crippen LogP contribution in [0.1, 0.15) is 42.9 Å². The number of nitrogens with two attached hydrogens (primary N) is 2. The Morgan fingerprint density at radius 2 is 1.78 bits per heavy atom. The average molecular weight is 247 g/mol. The Bertz CT molecular complexity index is 447. The van der Waals surface area contributed by atoms with Crippen LogP contribution in [0.3, 0.4) is 0 Å². The lowest BCUT2D eigenvalue weighted by Gasteiger charge is -2.32. The van der Waals surface area contributed by atoms with Gasteiger partial charge in [-0.15, -0.1) is 0 Å². The quantitative estimate of drug-likeness (QED) is 0.820. The number of hydrogen-bond acceptors (Lipinski definition) is 5. The molecule has 1 saturated carbocycles. The zero-order valence-electron chi connectivity index (χ0n) is 10.9. The molecular weight excluding hydrogens is 226 g/mol. The van der Waals surface area contributed by atoms with Gasteiger partial charge in [-0.1, -0.05) is 0 Å². The van der Waals surface area contributed by atoms with E-state index >= 15 is 0 Å². The summed E-state index contributed by atoms with van der Waals surface area (Å²) in [6.45, 7) is 4.07. The van der Waals surface area contributed by atoms with E-state index in [0.29, 0.717) is 17.9 Å². The van der Waals surface area contributed by atoms with Crippen molar-refractivity contribution in [3.05, 3.63) is 11.3 Å². The van der Waals surface area contributed by atoms with Crippen molar-refractivity contribution in [1.29, 1.82) is 0 Å². The molecule has 2 aliphatic rings. The van der Waals surface area contributed by atoms with E-state index in [1.807, 2.05) is 0 Å². The minimum Gasteiger partial charge on any atom is -0.368 e. The van der Waals surface area contributed by atoms with Crippen molar-refractivity contribution < 1.29 is 0 Å². The van der Waals surface area contributed by atoms with Gasteiger partial charge >= 0.3 is 0 Å². The number of nitrogen functional groups attached to an aromatic ring is 1. The number of rotatable bonds is 2. The first kappa shape index (κ1) is 11.7. The highest BCUT2D eigenvalue weighted by Crippen LogP contribution is 2.42. The molecule has 98 valence electrons. The van der Waals surface area contributed by atoms with Crippen LogP contribution < -0.4 is 16.4 Å². The summed E-state index contributed by atoms with van der Waals surface area (Å²) in [4.78, 5) is 11.2. The molecule has 1 saturated heterocycles. The summed E-state index contributed by atoms with van der Waals surface area (Å²) >= 11 is 0. The number of aromatic nitrogens is 2. The Kier molecular flexibility index (Phi) is 2.86. The number of hydrogen-bond donors (Lipinski definition) is 2. The lowest BCUT2D eigenvalue weighted by molar-refractivity contribution is 0.498. The Balaban J connectivity index is 1.90. The topological polar surface area (TPSA) is 81.1 Å². The first-order valence-corrected chi connectivity index (χ1v) is 6.79. The molecule has 1 aromatic heterocycles. The van der Waals surface area contributed by atoms with Crippen molar-refractivity contribution in [3.63, 3.8) is 0 Å². The molecule has 0 radical (unpaired) electrons. The zero-order valence-corrected chi connectivity index (χ0v) is 10.9. The van der Waals surface area contributed by atoms with Crippen molar-refractivity contribution in [3.8, 4) is 0 Å². The molecule has 1 aliphatic heterocycles. The molecule has 18 heavy (non-hydrogen) atoms. The van der Waals surface area contributed by atoms with E-state index in [1.54, 1.807) is 0 Å². The number of nitrogens with zero attached hydrogens (tertiary/aromatic N) is 3. The van der Waals surface area contributed by atoms with Crippen LogP contribution in [-0.4, -0.2) is 29.1 Å². The molecule has 0 unspecified atom stereocenters. The monoisotopic (exact) mass is 247 g/mol. The van der Waals surface area contributed by atoms with E-state index in [0.717, 1.165) is 37.4 Å². The van der Waals surface area contributed by atoms with E-state index < -0.39 is 0 Å². The molecule has 1 aliphatic carbocycles. The highest BCUT2D eigenvalue weighted by Gasteiger charge is 2.30. The third kappa shape index (κ3) is 2.14. The lowest BCUT2D eigenvalue weighted by Crippen LogP contribution is -2.40. The maximum Gasteiger partial charge on any atom is 0.222 e. The van der Waals surface area contributed by atoms with E-state index in [4.69, 9.17) is 11.5 Å². The molecule has 2 fully saturated rings. The van der Waals surface area contributed by atoms with Crippen LogP contribution in [0.2, 0.25) is 0 Å². The van der Waals surface area contributed by atoms with Gasteiger partial charge in [0.2, 0.25) is 5.95 Å². The molecule has 4 N–H and O–H groups in total. The van der Waals surface area contributed by atoms with Crippen LogP contribution in [0.25, 0.3) is 0 Å². The minimum atomic E-state index is 0.337. The molecule has 2 heterocycles. The van der Waals surface area contributed by atoms with Gasteiger partial charge in [-0.05, 0) is 32.6 Å². The summed E-state index contributed by atoms with van der Waals surface area (Å²) in [6.07, 6.45) is 4.54. The second-order valence-corrected chi connectivity index (χ2v) is 5.51. The molecule has 0 aromatic carbocycles. The highest BCUT2D eigenvalue weighted by atomic mass is 15.2. The fourth-order valence-corrected chi connectivity index (χ4v) is 2.71. The molecule has 5 nitrogen and oxygen atoms in total. The first-order chi connectivity index (χ1) is 8.65. The van der Waals surface area contributed by atoms with E-state index in [-0.39, 0.29) is 0 Å². The van der Waals surface area contributed by atoms with Crippen molar-refractivity contribution in [1.82, 2.24) is 9.97 Å². The molecule has 0 bridgehead atoms. The normalized spacial score (nSPS) is 21.3. The Labute approximate surface area is 108 Å². The second-order valence-electron chi connectivity index (χ2n) is 5.51. The standard InChI is InChI=1S/C13H21N5/c1-8-11(9-2-3-9)16-13(15)17-12(8)18-6-4-10(14)5-7-18/h9-10H,2-7,14H2,1H3,(H2,15,16,17). The minimum absolute atomic E-state index is 0.337. The first-order valence-electron chi connectivity index (χ1n) is 6.79. The van der Waals surface area contributed by atoms with Gasteiger partial charge in [-0.2, -0.15) is 4.98 Å². The van der Waals surface area contributed by atoms with Crippen molar-refractivity contribution in [2.24, 2.45) is 5.73 Å². The van der Waals surface area contributed by atoms with Gasteiger partial charge in [0.25, 0.3) is 0 Å². The van der Waals surface area contributed by atoms with Crippen LogP contribution >= 0.6 is 0 Å². The van der Waals surface area contributed by atoms with Crippen LogP contribution in [0, 0.1) is 6.92 Å². The Morgan fingerprint density at radius 3 is 2.39 bits per heavy atom. The fraction of sp³-hybridized carbons (Fsp3) is 0.692. The summed E-state index contributed by atoms with van der Waals surface area (Å²) in [7, 11) is 0. The maximum absolute atomic E-state index is 5.95. The van der Waals surface area contributed by atoms with Gasteiger partial charge in [0.05, 0.1) is 5.69 Å². The smallest absolute Gasteiger partial charge is 0.222 e. The summed E-state index contributed by atoms with van der Waals surface area (Å²) in [5, 5.41) is 0. The predicted octanol–water partition coefficient (Wildman–Crippen LogP) is 1.17. The largest absolute Gasteiger partial charge is 0.368 e. The molecule has 0 spiro atoms. The molecule has 0 amide bonds. The van der Waals surface area contributed by atoms with Gasteiger partial charge in [0.1, 0.15) is 5.82 Å². The van der Waals surface area contributed by atoms with Crippen LogP contribution in [0.4, 0.5) is 11.8 Å². The summed E-state index contributed by atoms with van der Waals surface area (Å²) < 4.78 is 0. The van der Waals surface area contributed by atoms with Gasteiger partial charge in [-0.25, -0.2) is 4.98 Å². The molecular formula is C13H21N5. The van der Waals surface area contributed by atoms with Crippen LogP contribution in [0.15, 0.2) is 0 Å². The third-order valence-corrected chi connectivity index (χ3v) is 3.98. The third-order valence-electron chi connectivity index (χ3n) is 3.98. The average Bonchev–Trinajstić information content (AvgIpc) is 3.17.